The van der Waals surface area contributed by atoms with Gasteiger partial charge >= 0.3 is 0 Å². The summed E-state index contributed by atoms with van der Waals surface area (Å²) in [5.74, 6) is 0.0638. The zero-order valence-corrected chi connectivity index (χ0v) is 14.6. The molecule has 1 atom stereocenters. The largest absolute Gasteiger partial charge is 0.308 e. The first-order valence-corrected chi connectivity index (χ1v) is 8.20. The van der Waals surface area contributed by atoms with Gasteiger partial charge in [-0.2, -0.15) is 0 Å². The van der Waals surface area contributed by atoms with Crippen LogP contribution in [0, 0.1) is 0 Å². The lowest BCUT2D eigenvalue weighted by Crippen LogP contribution is -2.23. The quantitative estimate of drug-likeness (QED) is 0.824. The summed E-state index contributed by atoms with van der Waals surface area (Å²) in [7, 11) is 0. The molecule has 9 heteroatoms. The van der Waals surface area contributed by atoms with E-state index in [1.807, 2.05) is 18.4 Å². The van der Waals surface area contributed by atoms with Gasteiger partial charge in [-0.1, -0.05) is 35.0 Å². The molecule has 0 aliphatic carbocycles. The lowest BCUT2D eigenvalue weighted by Gasteiger charge is -2.14. The third kappa shape index (κ3) is 4.12. The number of pyridine rings is 1. The van der Waals surface area contributed by atoms with Crippen LogP contribution in [-0.2, 0) is 4.79 Å². The first-order valence-electron chi connectivity index (χ1n) is 6.56. The van der Waals surface area contributed by atoms with Crippen molar-refractivity contribution in [2.45, 2.75) is 37.2 Å². The minimum Gasteiger partial charge on any atom is -0.308 e. The molecule has 0 spiro atoms. The first kappa shape index (κ1) is 17.1. The Morgan fingerprint density at radius 2 is 2.09 bits per heavy atom. The topological polar surface area (TPSA) is 72.7 Å². The maximum absolute atomic E-state index is 12.2. The molecule has 2 aromatic heterocycles. The second-order valence-corrected chi connectivity index (χ2v) is 7.00. The van der Waals surface area contributed by atoms with Crippen molar-refractivity contribution in [1.82, 2.24) is 19.7 Å². The second-order valence-electron chi connectivity index (χ2n) is 4.85. The zero-order chi connectivity index (χ0) is 16.3. The van der Waals surface area contributed by atoms with Crippen molar-refractivity contribution in [2.24, 2.45) is 0 Å². The van der Waals surface area contributed by atoms with E-state index in [2.05, 4.69) is 20.5 Å². The highest BCUT2D eigenvalue weighted by atomic mass is 35.5. The maximum Gasteiger partial charge on any atom is 0.238 e. The molecular weight excluding hydrogens is 345 g/mol. The molecule has 6 nitrogen and oxygen atoms in total. The van der Waals surface area contributed by atoms with Gasteiger partial charge in [-0.05, 0) is 26.8 Å². The van der Waals surface area contributed by atoms with Gasteiger partial charge in [-0.25, -0.2) is 4.98 Å². The summed E-state index contributed by atoms with van der Waals surface area (Å²) in [6, 6.07) is 1.75. The van der Waals surface area contributed by atoms with E-state index in [1.165, 1.54) is 24.0 Å². The molecule has 118 valence electrons. The van der Waals surface area contributed by atoms with Gasteiger partial charge in [0, 0.05) is 12.2 Å². The van der Waals surface area contributed by atoms with Crippen molar-refractivity contribution in [2.75, 3.05) is 5.32 Å². The highest BCUT2D eigenvalue weighted by Gasteiger charge is 2.20. The fourth-order valence-corrected chi connectivity index (χ4v) is 2.99. The second kappa shape index (κ2) is 7.30. The number of nitrogens with zero attached hydrogens (tertiary/aromatic N) is 4. The average molecular weight is 360 g/mol. The minimum atomic E-state index is -0.379. The molecule has 0 fully saturated rings. The summed E-state index contributed by atoms with van der Waals surface area (Å²) in [5.41, 5.74) is 0. The van der Waals surface area contributed by atoms with Crippen LogP contribution in [0.1, 0.15) is 26.8 Å². The van der Waals surface area contributed by atoms with Crippen LogP contribution in [-0.4, -0.2) is 30.9 Å². The van der Waals surface area contributed by atoms with E-state index in [9.17, 15) is 4.79 Å². The maximum atomic E-state index is 12.2. The van der Waals surface area contributed by atoms with Gasteiger partial charge < -0.3 is 9.88 Å². The molecule has 0 bridgehead atoms. The van der Waals surface area contributed by atoms with Gasteiger partial charge in [-0.15, -0.1) is 10.2 Å². The Labute approximate surface area is 142 Å². The molecule has 1 unspecified atom stereocenters. The number of aromatic nitrogens is 4. The third-order valence-corrected chi connectivity index (χ3v) is 4.36. The molecule has 2 rings (SSSR count). The summed E-state index contributed by atoms with van der Waals surface area (Å²) in [6.07, 6.45) is 3.07. The predicted molar refractivity (Wildman–Crippen MR) is 88.6 cm³/mol. The molecule has 22 heavy (non-hydrogen) atoms. The van der Waals surface area contributed by atoms with E-state index in [1.54, 1.807) is 13.3 Å². The van der Waals surface area contributed by atoms with Gasteiger partial charge in [0.05, 0.1) is 15.3 Å². The Bertz CT molecular complexity index is 676. The van der Waals surface area contributed by atoms with Gasteiger partial charge in [-0.3, -0.25) is 4.79 Å². The van der Waals surface area contributed by atoms with Gasteiger partial charge in [0.15, 0.2) is 11.0 Å². The number of anilines is 1. The van der Waals surface area contributed by atoms with Crippen molar-refractivity contribution in [3.05, 3.63) is 28.6 Å². The van der Waals surface area contributed by atoms with Crippen molar-refractivity contribution >= 4 is 46.7 Å². The lowest BCUT2D eigenvalue weighted by molar-refractivity contribution is -0.115. The van der Waals surface area contributed by atoms with Crippen LogP contribution in [0.5, 0.6) is 0 Å². The molecule has 0 saturated heterocycles. The van der Waals surface area contributed by atoms with Crippen LogP contribution in [0.3, 0.4) is 0 Å². The van der Waals surface area contributed by atoms with E-state index in [4.69, 9.17) is 23.2 Å². The van der Waals surface area contributed by atoms with E-state index in [0.29, 0.717) is 15.2 Å². The van der Waals surface area contributed by atoms with E-state index in [0.717, 1.165) is 0 Å². The fourth-order valence-electron chi connectivity index (χ4n) is 1.61. The molecule has 2 heterocycles. The van der Waals surface area contributed by atoms with E-state index >= 15 is 0 Å². The number of thioether (sulfide) groups is 1. The van der Waals surface area contributed by atoms with Gasteiger partial charge in [0.25, 0.3) is 0 Å². The van der Waals surface area contributed by atoms with Crippen LogP contribution in [0.4, 0.5) is 5.82 Å². The van der Waals surface area contributed by atoms with Crippen LogP contribution < -0.4 is 5.32 Å². The number of hydrogen-bond donors (Lipinski definition) is 1. The molecule has 1 amide bonds. The Morgan fingerprint density at radius 3 is 2.73 bits per heavy atom. The summed E-state index contributed by atoms with van der Waals surface area (Å²) < 4.78 is 1.90. The van der Waals surface area contributed by atoms with Crippen molar-refractivity contribution in [3.8, 4) is 0 Å². The molecule has 0 radical (unpaired) electrons. The van der Waals surface area contributed by atoms with Crippen molar-refractivity contribution in [3.63, 3.8) is 0 Å². The molecule has 0 aromatic carbocycles. The monoisotopic (exact) mass is 359 g/mol. The standard InChI is InChI=1S/C13H15Cl2N5OS/c1-7(2)20-6-17-19-13(20)22-8(3)12(21)18-11-10(15)4-9(14)5-16-11/h4-8H,1-3H3,(H,16,18,21). The summed E-state index contributed by atoms with van der Waals surface area (Å²) in [4.78, 5) is 16.2. The predicted octanol–water partition coefficient (Wildman–Crippen LogP) is 3.68. The highest BCUT2D eigenvalue weighted by molar-refractivity contribution is 8.00. The fraction of sp³-hybridized carbons (Fsp3) is 0.385. The smallest absolute Gasteiger partial charge is 0.238 e. The summed E-state index contributed by atoms with van der Waals surface area (Å²) >= 11 is 13.1. The van der Waals surface area contributed by atoms with Crippen molar-refractivity contribution < 1.29 is 4.79 Å². The van der Waals surface area contributed by atoms with Crippen LogP contribution in [0.15, 0.2) is 23.7 Å². The Balaban J connectivity index is 2.04. The highest BCUT2D eigenvalue weighted by Crippen LogP contribution is 2.26. The SMILES string of the molecule is CC(Sc1nncn1C(C)C)C(=O)Nc1ncc(Cl)cc1Cl. The molecule has 2 aromatic rings. The molecule has 0 aliphatic heterocycles. The minimum absolute atomic E-state index is 0.222. The Kier molecular flexibility index (Phi) is 5.66. The number of halogens is 2. The van der Waals surface area contributed by atoms with E-state index < -0.39 is 0 Å². The molecule has 0 aliphatic rings. The summed E-state index contributed by atoms with van der Waals surface area (Å²) in [6.45, 7) is 5.83. The van der Waals surface area contributed by atoms with Crippen LogP contribution in [0.2, 0.25) is 10.0 Å². The normalized spacial score (nSPS) is 12.5. The van der Waals surface area contributed by atoms with Gasteiger partial charge in [0.1, 0.15) is 6.33 Å². The van der Waals surface area contributed by atoms with Crippen LogP contribution >= 0.6 is 35.0 Å². The molecule has 1 N–H and O–H groups in total. The van der Waals surface area contributed by atoms with Crippen LogP contribution in [0.25, 0.3) is 0 Å². The first-order chi connectivity index (χ1) is 10.4. The average Bonchev–Trinajstić information content (AvgIpc) is 2.90. The molecule has 0 saturated carbocycles. The lowest BCUT2D eigenvalue weighted by atomic mass is 10.4. The number of amides is 1. The Morgan fingerprint density at radius 1 is 1.36 bits per heavy atom. The zero-order valence-electron chi connectivity index (χ0n) is 12.2. The summed E-state index contributed by atoms with van der Waals surface area (Å²) in [5, 5.41) is 11.6. The number of hydrogen-bond acceptors (Lipinski definition) is 5. The molecular formula is C13H15Cl2N5OS. The van der Waals surface area contributed by atoms with Gasteiger partial charge in [0.2, 0.25) is 5.91 Å². The van der Waals surface area contributed by atoms with Crippen molar-refractivity contribution in [1.29, 1.82) is 0 Å². The number of carbonyl (C=O) groups is 1. The Hall–Kier alpha value is -1.31. The number of rotatable bonds is 5. The number of nitrogens with one attached hydrogen (secondary N) is 1. The van der Waals surface area contributed by atoms with E-state index in [-0.39, 0.29) is 23.0 Å². The number of carbonyl (C=O) groups excluding carboxylic acids is 1. The third-order valence-electron chi connectivity index (χ3n) is 2.80.